The van der Waals surface area contributed by atoms with Gasteiger partial charge in [0, 0.05) is 62.3 Å². The molecule has 35 heavy (non-hydrogen) atoms. The third-order valence-electron chi connectivity index (χ3n) is 6.91. The first-order chi connectivity index (χ1) is 16.8. The highest BCUT2D eigenvalue weighted by Gasteiger charge is 2.30. The van der Waals surface area contributed by atoms with Gasteiger partial charge in [-0.25, -0.2) is 8.78 Å². The Morgan fingerprint density at radius 2 is 1.97 bits per heavy atom. The van der Waals surface area contributed by atoms with Gasteiger partial charge in [0.1, 0.15) is 12.0 Å². The molecule has 2 N–H and O–H groups in total. The van der Waals surface area contributed by atoms with E-state index in [-0.39, 0.29) is 30.4 Å². The molecule has 1 aliphatic heterocycles. The number of benzene rings is 1. The van der Waals surface area contributed by atoms with Crippen LogP contribution in [0.5, 0.6) is 0 Å². The number of carbonyl (C=O) groups excluding carboxylic acids is 1. The van der Waals surface area contributed by atoms with Crippen LogP contribution in [0.3, 0.4) is 0 Å². The minimum atomic E-state index is -1.01. The van der Waals surface area contributed by atoms with Crippen LogP contribution < -0.4 is 15.5 Å². The fraction of sp³-hybridized carbons (Fsp3) is 0.500. The van der Waals surface area contributed by atoms with E-state index in [4.69, 9.17) is 0 Å². The number of aryl methyl sites for hydroxylation is 1. The number of allylic oxidation sites excluding steroid dienone is 4. The monoisotopic (exact) mass is 484 g/mol. The van der Waals surface area contributed by atoms with Crippen molar-refractivity contribution in [3.05, 3.63) is 65.2 Å². The van der Waals surface area contributed by atoms with Crippen molar-refractivity contribution in [1.82, 2.24) is 10.6 Å². The average molecular weight is 485 g/mol. The molecule has 5 nitrogen and oxygen atoms in total. The molecule has 1 amide bonds. The molecular formula is C28H38F2N4O. The second-order valence-corrected chi connectivity index (χ2v) is 9.35. The summed E-state index contributed by atoms with van der Waals surface area (Å²) in [6, 6.07) is 2.98. The van der Waals surface area contributed by atoms with Gasteiger partial charge in [-0.3, -0.25) is 9.79 Å². The first-order valence-corrected chi connectivity index (χ1v) is 12.5. The maximum atomic E-state index is 15.0. The summed E-state index contributed by atoms with van der Waals surface area (Å²) in [5, 5.41) is 6.73. The molecule has 1 saturated carbocycles. The molecule has 190 valence electrons. The number of amides is 1. The normalized spacial score (nSPS) is 27.4. The van der Waals surface area contributed by atoms with Gasteiger partial charge in [0.05, 0.1) is 0 Å². The Hall–Kier alpha value is -2.64. The average Bonchev–Trinajstić information content (AvgIpc) is 2.94. The molecule has 3 atom stereocenters. The van der Waals surface area contributed by atoms with Crippen molar-refractivity contribution in [3.63, 3.8) is 0 Å². The Bertz CT molecular complexity index is 1010. The highest BCUT2D eigenvalue weighted by atomic mass is 19.1. The van der Waals surface area contributed by atoms with Crippen molar-refractivity contribution in [1.29, 1.82) is 0 Å². The van der Waals surface area contributed by atoms with E-state index in [1.807, 2.05) is 32.2 Å². The maximum absolute atomic E-state index is 15.0. The smallest absolute Gasteiger partial charge is 0.223 e. The fourth-order valence-corrected chi connectivity index (χ4v) is 4.54. The van der Waals surface area contributed by atoms with Crippen LogP contribution in [0.15, 0.2) is 53.2 Å². The third kappa shape index (κ3) is 7.42. The van der Waals surface area contributed by atoms with Gasteiger partial charge in [-0.1, -0.05) is 31.2 Å². The molecule has 0 spiro atoms. The quantitative estimate of drug-likeness (QED) is 0.535. The summed E-state index contributed by atoms with van der Waals surface area (Å²) in [7, 11) is 1.64. The zero-order chi connectivity index (χ0) is 25.4. The lowest BCUT2D eigenvalue weighted by Crippen LogP contribution is -2.47. The molecular weight excluding hydrogens is 446 g/mol. The van der Waals surface area contributed by atoms with Gasteiger partial charge in [-0.15, -0.1) is 0 Å². The molecule has 0 radical (unpaired) electrons. The Labute approximate surface area is 208 Å². The van der Waals surface area contributed by atoms with Crippen molar-refractivity contribution < 1.29 is 13.6 Å². The molecule has 3 rings (SSSR count). The van der Waals surface area contributed by atoms with Gasteiger partial charge in [0.25, 0.3) is 0 Å². The van der Waals surface area contributed by atoms with Crippen LogP contribution in [0.1, 0.15) is 57.6 Å². The molecule has 2 aliphatic rings. The number of hydrogen-bond donors (Lipinski definition) is 2. The number of alkyl halides is 1. The lowest BCUT2D eigenvalue weighted by atomic mass is 9.89. The van der Waals surface area contributed by atoms with Crippen molar-refractivity contribution >= 4 is 17.3 Å². The molecule has 1 fully saturated rings. The van der Waals surface area contributed by atoms with E-state index in [0.717, 1.165) is 29.7 Å². The molecule has 1 aliphatic carbocycles. The van der Waals surface area contributed by atoms with Gasteiger partial charge in [-0.2, -0.15) is 0 Å². The highest BCUT2D eigenvalue weighted by molar-refractivity contribution is 5.99. The highest BCUT2D eigenvalue weighted by Crippen LogP contribution is 2.26. The number of hydrogen-bond acceptors (Lipinski definition) is 4. The summed E-state index contributed by atoms with van der Waals surface area (Å²) in [5.74, 6) is -0.527. The molecule has 0 unspecified atom stereocenters. The predicted molar refractivity (Wildman–Crippen MR) is 140 cm³/mol. The molecule has 1 aromatic rings. The summed E-state index contributed by atoms with van der Waals surface area (Å²) in [6.07, 6.45) is 12.5. The Kier molecular flexibility index (Phi) is 9.93. The summed E-state index contributed by atoms with van der Waals surface area (Å²) >= 11 is 0. The summed E-state index contributed by atoms with van der Waals surface area (Å²) in [5.41, 5.74) is 4.04. The number of carbonyl (C=O) groups is 1. The van der Waals surface area contributed by atoms with E-state index in [1.54, 1.807) is 13.1 Å². The Morgan fingerprint density at radius 1 is 1.17 bits per heavy atom. The van der Waals surface area contributed by atoms with Crippen LogP contribution in [0.4, 0.5) is 14.5 Å². The van der Waals surface area contributed by atoms with Gasteiger partial charge in [-0.05, 0) is 62.3 Å². The van der Waals surface area contributed by atoms with Crippen LogP contribution in [0, 0.1) is 5.82 Å². The standard InChI is InChI=1S/C28H38F2N4O/c1-5-21-14-23(25(29)16-28(21)34(4)20(3)35)18-33-27-12-11-24(15-26(27)30)32-17-22-10-8-6-7-9-13-31-19(22)2/h6,8-10,13-14,16,24,26-27,32-33H,5,7,11-12,15,17-18H2,1-4H3/b8-6-,13-9-,22-10-,31-19+/t24-,26+,27-/m1/s1. The van der Waals surface area contributed by atoms with Gasteiger partial charge >= 0.3 is 0 Å². The van der Waals surface area contributed by atoms with E-state index in [2.05, 4.69) is 27.8 Å². The number of nitrogens with one attached hydrogen (secondary N) is 2. The van der Waals surface area contributed by atoms with Crippen LogP contribution >= 0.6 is 0 Å². The van der Waals surface area contributed by atoms with Crippen LogP contribution in [0.2, 0.25) is 0 Å². The van der Waals surface area contributed by atoms with Gasteiger partial charge in [0.2, 0.25) is 5.91 Å². The second-order valence-electron chi connectivity index (χ2n) is 9.35. The number of anilines is 1. The number of nitrogens with zero attached hydrogens (tertiary/aromatic N) is 2. The maximum Gasteiger partial charge on any atom is 0.223 e. The van der Waals surface area contributed by atoms with Crippen molar-refractivity contribution in [2.45, 2.75) is 77.7 Å². The van der Waals surface area contributed by atoms with Crippen LogP contribution in [-0.4, -0.2) is 43.5 Å². The summed E-state index contributed by atoms with van der Waals surface area (Å²) in [6.45, 7) is 6.33. The third-order valence-corrected chi connectivity index (χ3v) is 6.91. The number of rotatable bonds is 8. The first kappa shape index (κ1) is 27.0. The summed E-state index contributed by atoms with van der Waals surface area (Å²) in [4.78, 5) is 17.7. The molecule has 0 saturated heterocycles. The Balaban J connectivity index is 1.55. The summed E-state index contributed by atoms with van der Waals surface area (Å²) < 4.78 is 29.8. The Morgan fingerprint density at radius 3 is 2.69 bits per heavy atom. The largest absolute Gasteiger partial charge is 0.315 e. The topological polar surface area (TPSA) is 56.7 Å². The first-order valence-electron chi connectivity index (χ1n) is 12.5. The van der Waals surface area contributed by atoms with Crippen molar-refractivity contribution in [2.24, 2.45) is 4.99 Å². The van der Waals surface area contributed by atoms with Crippen molar-refractivity contribution in [3.8, 4) is 0 Å². The molecule has 7 heteroatoms. The minimum Gasteiger partial charge on any atom is -0.315 e. The second kappa shape index (κ2) is 12.9. The molecule has 0 aromatic heterocycles. The van der Waals surface area contributed by atoms with Crippen LogP contribution in [-0.2, 0) is 17.8 Å². The van der Waals surface area contributed by atoms with E-state index in [9.17, 15) is 9.18 Å². The van der Waals surface area contributed by atoms with E-state index < -0.39 is 6.17 Å². The molecule has 1 aromatic carbocycles. The lowest BCUT2D eigenvalue weighted by Gasteiger charge is -2.33. The SMILES string of the molecule is CCc1cc(CN[C@@H]2CC[C@@H](NCC3=C/C=C\C/C=C\N=C\3C)C[C@@H]2F)c(F)cc1N(C)C(C)=O. The van der Waals surface area contributed by atoms with E-state index in [1.165, 1.54) is 17.9 Å². The van der Waals surface area contributed by atoms with E-state index in [0.29, 0.717) is 37.1 Å². The lowest BCUT2D eigenvalue weighted by molar-refractivity contribution is -0.116. The van der Waals surface area contributed by atoms with Crippen molar-refractivity contribution in [2.75, 3.05) is 18.5 Å². The van der Waals surface area contributed by atoms with Gasteiger partial charge in [0.15, 0.2) is 0 Å². The van der Waals surface area contributed by atoms with Crippen LogP contribution in [0.25, 0.3) is 0 Å². The minimum absolute atomic E-state index is 0.0914. The van der Waals surface area contributed by atoms with E-state index >= 15 is 4.39 Å². The zero-order valence-electron chi connectivity index (χ0n) is 21.3. The van der Waals surface area contributed by atoms with Gasteiger partial charge < -0.3 is 15.5 Å². The molecule has 0 bridgehead atoms. The number of halogens is 2. The fourth-order valence-electron chi connectivity index (χ4n) is 4.54. The zero-order valence-corrected chi connectivity index (χ0v) is 21.3. The predicted octanol–water partition coefficient (Wildman–Crippen LogP) is 5.17. The molecule has 1 heterocycles. The number of aliphatic imine (C=N–C) groups is 1.